The fraction of sp³-hybridized carbons (Fsp3) is 0.579. The van der Waals surface area contributed by atoms with Crippen LogP contribution in [-0.2, 0) is 40.5 Å². The van der Waals surface area contributed by atoms with Crippen molar-refractivity contribution in [3.63, 3.8) is 0 Å². The first kappa shape index (κ1) is 18.3. The molecule has 0 aromatic heterocycles. The zero-order valence-electron chi connectivity index (χ0n) is 15.5. The van der Waals surface area contributed by atoms with E-state index in [2.05, 4.69) is 11.4 Å². The van der Waals surface area contributed by atoms with Crippen LogP contribution in [0, 0.1) is 0 Å². The van der Waals surface area contributed by atoms with Crippen molar-refractivity contribution in [1.82, 2.24) is 9.62 Å². The van der Waals surface area contributed by atoms with E-state index in [4.69, 9.17) is 0 Å². The molecular weight excluding hydrogens is 366 g/mol. The van der Waals surface area contributed by atoms with Crippen LogP contribution < -0.4 is 10.0 Å². The fourth-order valence-corrected chi connectivity index (χ4v) is 5.15. The molecule has 1 aromatic rings. The van der Waals surface area contributed by atoms with Gasteiger partial charge in [0, 0.05) is 18.8 Å². The summed E-state index contributed by atoms with van der Waals surface area (Å²) in [6, 6.07) is 1.60. The van der Waals surface area contributed by atoms with Crippen LogP contribution in [0.3, 0.4) is 0 Å². The Morgan fingerprint density at radius 2 is 1.67 bits per heavy atom. The summed E-state index contributed by atoms with van der Waals surface area (Å²) in [6.45, 7) is 0. The summed E-state index contributed by atoms with van der Waals surface area (Å²) in [5, 5.41) is 2.78. The minimum atomic E-state index is -4.03. The van der Waals surface area contributed by atoms with Crippen LogP contribution in [0.5, 0.6) is 0 Å². The Hall–Kier alpha value is -2.09. The molecule has 2 N–H and O–H groups in total. The molecule has 1 fully saturated rings. The predicted molar refractivity (Wildman–Crippen MR) is 102 cm³/mol. The van der Waals surface area contributed by atoms with Gasteiger partial charge >= 0.3 is 6.03 Å². The maximum Gasteiger partial charge on any atom is 0.332 e. The molecule has 27 heavy (non-hydrogen) atoms. The highest BCUT2D eigenvalue weighted by Crippen LogP contribution is 2.38. The van der Waals surface area contributed by atoms with E-state index >= 15 is 0 Å². The number of amides is 3. The molecule has 3 aliphatic rings. The van der Waals surface area contributed by atoms with Crippen molar-refractivity contribution in [2.45, 2.75) is 57.4 Å². The van der Waals surface area contributed by atoms with E-state index in [1.807, 2.05) is 4.72 Å². The number of sulfonamides is 1. The number of rotatable bonds is 5. The van der Waals surface area contributed by atoms with Gasteiger partial charge in [0.05, 0.1) is 0 Å². The standard InChI is InChI=1S/C19H25N3O4S/c1-22(14-8-9-14)17(23)11-27(25,26)21-19(24)20-18-15-6-2-4-12(15)10-13-5-3-7-16(13)18/h10,14H,2-9,11H2,1H3,(H2,20,21,24). The predicted octanol–water partition coefficient (Wildman–Crippen LogP) is 1.74. The zero-order chi connectivity index (χ0) is 19.2. The van der Waals surface area contributed by atoms with Crippen LogP contribution in [0.2, 0.25) is 0 Å². The molecule has 0 radical (unpaired) electrons. The third-order valence-corrected chi connectivity index (χ3v) is 6.88. The first-order chi connectivity index (χ1) is 12.8. The molecule has 146 valence electrons. The maximum atomic E-state index is 12.4. The van der Waals surface area contributed by atoms with Gasteiger partial charge in [-0.1, -0.05) is 6.07 Å². The number of hydrogen-bond donors (Lipinski definition) is 2. The maximum absolute atomic E-state index is 12.4. The van der Waals surface area contributed by atoms with E-state index in [0.717, 1.165) is 68.2 Å². The van der Waals surface area contributed by atoms with Crippen molar-refractivity contribution in [3.8, 4) is 0 Å². The number of nitrogens with one attached hydrogen (secondary N) is 2. The molecule has 0 aliphatic heterocycles. The molecule has 0 atom stereocenters. The number of carbonyl (C=O) groups is 2. The number of nitrogens with zero attached hydrogens (tertiary/aromatic N) is 1. The molecule has 0 saturated heterocycles. The monoisotopic (exact) mass is 391 g/mol. The Bertz CT molecular complexity index is 874. The van der Waals surface area contributed by atoms with E-state index in [1.54, 1.807) is 7.05 Å². The molecule has 0 spiro atoms. The second-order valence-corrected chi connectivity index (χ2v) is 9.51. The number of urea groups is 1. The first-order valence-corrected chi connectivity index (χ1v) is 11.2. The van der Waals surface area contributed by atoms with Crippen LogP contribution >= 0.6 is 0 Å². The van der Waals surface area contributed by atoms with Gasteiger partial charge < -0.3 is 10.2 Å². The van der Waals surface area contributed by atoms with Gasteiger partial charge in [-0.05, 0) is 73.6 Å². The van der Waals surface area contributed by atoms with Crippen molar-refractivity contribution in [3.05, 3.63) is 28.3 Å². The van der Waals surface area contributed by atoms with Crippen LogP contribution in [0.4, 0.5) is 10.5 Å². The summed E-state index contributed by atoms with van der Waals surface area (Å²) in [5.74, 6) is -1.20. The Morgan fingerprint density at radius 1 is 1.07 bits per heavy atom. The van der Waals surface area contributed by atoms with Crippen molar-refractivity contribution in [2.75, 3.05) is 18.1 Å². The van der Waals surface area contributed by atoms with Gasteiger partial charge in [-0.15, -0.1) is 0 Å². The lowest BCUT2D eigenvalue weighted by atomic mass is 9.99. The molecular formula is C19H25N3O4S. The van der Waals surface area contributed by atoms with Crippen LogP contribution in [0.1, 0.15) is 47.9 Å². The third-order valence-electron chi connectivity index (χ3n) is 5.76. The molecule has 1 saturated carbocycles. The second-order valence-electron chi connectivity index (χ2n) is 7.79. The molecule has 4 rings (SSSR count). The smallest absolute Gasteiger partial charge is 0.332 e. The number of anilines is 1. The summed E-state index contributed by atoms with van der Waals surface area (Å²) in [4.78, 5) is 25.9. The summed E-state index contributed by atoms with van der Waals surface area (Å²) in [7, 11) is -2.43. The van der Waals surface area contributed by atoms with E-state index in [9.17, 15) is 18.0 Å². The van der Waals surface area contributed by atoms with Gasteiger partial charge in [-0.3, -0.25) is 4.79 Å². The van der Waals surface area contributed by atoms with E-state index in [0.29, 0.717) is 0 Å². The fourth-order valence-electron chi connectivity index (χ4n) is 4.21. The molecule has 3 amide bonds. The molecule has 1 aromatic carbocycles. The summed E-state index contributed by atoms with van der Waals surface area (Å²) >= 11 is 0. The lowest BCUT2D eigenvalue weighted by Crippen LogP contribution is -2.42. The minimum Gasteiger partial charge on any atom is -0.342 e. The number of benzene rings is 1. The highest BCUT2D eigenvalue weighted by Gasteiger charge is 2.32. The van der Waals surface area contributed by atoms with Crippen LogP contribution in [-0.4, -0.2) is 44.1 Å². The van der Waals surface area contributed by atoms with E-state index in [-0.39, 0.29) is 6.04 Å². The normalized spacial score (nSPS) is 18.0. The highest BCUT2D eigenvalue weighted by atomic mass is 32.2. The zero-order valence-corrected chi connectivity index (χ0v) is 16.3. The Balaban J connectivity index is 1.46. The third kappa shape index (κ3) is 3.81. The van der Waals surface area contributed by atoms with Crippen LogP contribution in [0.15, 0.2) is 6.07 Å². The minimum absolute atomic E-state index is 0.135. The highest BCUT2D eigenvalue weighted by molar-refractivity contribution is 7.90. The van der Waals surface area contributed by atoms with Crippen molar-refractivity contribution in [2.24, 2.45) is 0 Å². The van der Waals surface area contributed by atoms with Gasteiger partial charge in [0.25, 0.3) is 0 Å². The lowest BCUT2D eigenvalue weighted by molar-refractivity contribution is -0.127. The molecule has 0 unspecified atom stereocenters. The van der Waals surface area contributed by atoms with Gasteiger partial charge in [-0.25, -0.2) is 17.9 Å². The quantitative estimate of drug-likeness (QED) is 0.799. The molecule has 8 heteroatoms. The molecule has 3 aliphatic carbocycles. The largest absolute Gasteiger partial charge is 0.342 e. The Labute approximate surface area is 159 Å². The van der Waals surface area contributed by atoms with Gasteiger partial charge in [0.1, 0.15) is 5.75 Å². The van der Waals surface area contributed by atoms with Crippen molar-refractivity contribution >= 4 is 27.6 Å². The number of carbonyl (C=O) groups excluding carboxylic acids is 2. The number of hydrogen-bond acceptors (Lipinski definition) is 4. The average molecular weight is 391 g/mol. The number of aryl methyl sites for hydroxylation is 2. The number of fused-ring (bicyclic) bond motifs is 2. The first-order valence-electron chi connectivity index (χ1n) is 9.58. The second kappa shape index (κ2) is 6.82. The topological polar surface area (TPSA) is 95.6 Å². The average Bonchev–Trinajstić information content (AvgIpc) is 3.14. The van der Waals surface area contributed by atoms with Gasteiger partial charge in [-0.2, -0.15) is 0 Å². The molecule has 7 nitrogen and oxygen atoms in total. The SMILES string of the molecule is CN(C(=O)CS(=O)(=O)NC(=O)Nc1c2c(cc3c1CCC3)CCC2)C1CC1. The lowest BCUT2D eigenvalue weighted by Gasteiger charge is -2.18. The summed E-state index contributed by atoms with van der Waals surface area (Å²) in [5.41, 5.74) is 5.57. The van der Waals surface area contributed by atoms with Gasteiger partial charge in [0.2, 0.25) is 15.9 Å². The van der Waals surface area contributed by atoms with E-state index in [1.165, 1.54) is 16.0 Å². The molecule has 0 bridgehead atoms. The molecule has 0 heterocycles. The van der Waals surface area contributed by atoms with E-state index < -0.39 is 27.7 Å². The summed E-state index contributed by atoms with van der Waals surface area (Å²) < 4.78 is 26.5. The van der Waals surface area contributed by atoms with Crippen molar-refractivity contribution < 1.29 is 18.0 Å². The van der Waals surface area contributed by atoms with Crippen LogP contribution in [0.25, 0.3) is 0 Å². The van der Waals surface area contributed by atoms with Crippen molar-refractivity contribution in [1.29, 1.82) is 0 Å². The summed E-state index contributed by atoms with van der Waals surface area (Å²) in [6.07, 6.45) is 7.70. The Morgan fingerprint density at radius 3 is 2.22 bits per heavy atom. The Kier molecular flexibility index (Phi) is 4.61. The van der Waals surface area contributed by atoms with Gasteiger partial charge in [0.15, 0.2) is 0 Å².